The summed E-state index contributed by atoms with van der Waals surface area (Å²) < 4.78 is 43.8. The topological polar surface area (TPSA) is 49.8 Å². The Morgan fingerprint density at radius 3 is 2.41 bits per heavy atom. The van der Waals surface area contributed by atoms with Gasteiger partial charge in [-0.2, -0.15) is 13.2 Å². The molecule has 1 aromatic rings. The van der Waals surface area contributed by atoms with E-state index in [1.807, 2.05) is 6.07 Å². The highest BCUT2D eigenvalue weighted by molar-refractivity contribution is 5.85. The van der Waals surface area contributed by atoms with Crippen LogP contribution in [0.15, 0.2) is 30.3 Å². The first kappa shape index (κ1) is 18.6. The molecular formula is C14H17ClF3NO3. The van der Waals surface area contributed by atoms with Gasteiger partial charge >= 0.3 is 12.1 Å². The number of benzene rings is 1. The van der Waals surface area contributed by atoms with Gasteiger partial charge in [-0.3, -0.25) is 9.69 Å². The molecule has 1 N–H and O–H groups in total. The van der Waals surface area contributed by atoms with Crippen LogP contribution in [0.4, 0.5) is 13.2 Å². The van der Waals surface area contributed by atoms with Gasteiger partial charge < -0.3 is 9.84 Å². The Labute approximate surface area is 132 Å². The summed E-state index contributed by atoms with van der Waals surface area (Å²) in [4.78, 5) is 12.4. The van der Waals surface area contributed by atoms with Crippen LogP contribution in [0.2, 0.25) is 0 Å². The van der Waals surface area contributed by atoms with Crippen LogP contribution in [0.3, 0.4) is 0 Å². The second-order valence-electron chi connectivity index (χ2n) is 5.01. The van der Waals surface area contributed by atoms with Crippen molar-refractivity contribution < 1.29 is 27.8 Å². The maximum absolute atomic E-state index is 12.8. The van der Waals surface area contributed by atoms with E-state index < -0.39 is 24.0 Å². The third kappa shape index (κ3) is 4.78. The van der Waals surface area contributed by atoms with Gasteiger partial charge in [-0.05, 0) is 12.1 Å². The van der Waals surface area contributed by atoms with Crippen molar-refractivity contribution in [3.63, 3.8) is 0 Å². The van der Waals surface area contributed by atoms with Crippen molar-refractivity contribution in [2.75, 3.05) is 26.2 Å². The fraction of sp³-hybridized carbons (Fsp3) is 0.500. The van der Waals surface area contributed by atoms with Gasteiger partial charge in [0.15, 0.2) is 0 Å². The second-order valence-corrected chi connectivity index (χ2v) is 5.01. The number of para-hydroxylation sites is 1. The molecule has 1 saturated heterocycles. The molecule has 2 rings (SSSR count). The normalized spacial score (nSPS) is 22.1. The zero-order valence-electron chi connectivity index (χ0n) is 11.6. The van der Waals surface area contributed by atoms with E-state index in [1.54, 1.807) is 24.3 Å². The molecule has 0 radical (unpaired) electrons. The van der Waals surface area contributed by atoms with Gasteiger partial charge in [0.05, 0.1) is 11.8 Å². The molecule has 22 heavy (non-hydrogen) atoms. The van der Waals surface area contributed by atoms with Crippen molar-refractivity contribution in [3.8, 4) is 5.75 Å². The first-order valence-corrected chi connectivity index (χ1v) is 6.57. The lowest BCUT2D eigenvalue weighted by atomic mass is 9.96. The molecule has 1 aliphatic rings. The summed E-state index contributed by atoms with van der Waals surface area (Å²) in [6.07, 6.45) is -4.49. The molecule has 0 aliphatic carbocycles. The fourth-order valence-corrected chi connectivity index (χ4v) is 2.46. The van der Waals surface area contributed by atoms with Crippen LogP contribution in [-0.4, -0.2) is 48.4 Å². The Morgan fingerprint density at radius 1 is 1.27 bits per heavy atom. The van der Waals surface area contributed by atoms with Crippen molar-refractivity contribution >= 4 is 18.4 Å². The van der Waals surface area contributed by atoms with Gasteiger partial charge in [0.25, 0.3) is 0 Å². The molecule has 0 aromatic heterocycles. The fourth-order valence-electron chi connectivity index (χ4n) is 2.46. The minimum absolute atomic E-state index is 0. The monoisotopic (exact) mass is 339 g/mol. The van der Waals surface area contributed by atoms with Crippen LogP contribution in [-0.2, 0) is 4.79 Å². The number of aliphatic carboxylic acids is 1. The highest BCUT2D eigenvalue weighted by Gasteiger charge is 2.52. The van der Waals surface area contributed by atoms with Crippen LogP contribution in [0, 0.1) is 11.8 Å². The third-order valence-corrected chi connectivity index (χ3v) is 3.55. The van der Waals surface area contributed by atoms with Crippen molar-refractivity contribution in [2.45, 2.75) is 6.18 Å². The molecule has 0 saturated carbocycles. The van der Waals surface area contributed by atoms with Crippen molar-refractivity contribution in [2.24, 2.45) is 11.8 Å². The maximum atomic E-state index is 12.8. The highest BCUT2D eigenvalue weighted by atomic mass is 35.5. The van der Waals surface area contributed by atoms with Gasteiger partial charge in [-0.1, -0.05) is 18.2 Å². The van der Waals surface area contributed by atoms with E-state index in [1.165, 1.54) is 4.90 Å². The van der Waals surface area contributed by atoms with Crippen LogP contribution in [0.1, 0.15) is 0 Å². The molecule has 2 atom stereocenters. The summed E-state index contributed by atoms with van der Waals surface area (Å²) in [7, 11) is 0. The minimum atomic E-state index is -4.49. The van der Waals surface area contributed by atoms with E-state index in [0.29, 0.717) is 5.75 Å². The third-order valence-electron chi connectivity index (χ3n) is 3.55. The number of hydrogen-bond acceptors (Lipinski definition) is 3. The maximum Gasteiger partial charge on any atom is 0.393 e. The van der Waals surface area contributed by atoms with Gasteiger partial charge in [0, 0.05) is 19.6 Å². The van der Waals surface area contributed by atoms with Gasteiger partial charge in [0.1, 0.15) is 12.4 Å². The van der Waals surface area contributed by atoms with Crippen LogP contribution in [0.5, 0.6) is 5.75 Å². The van der Waals surface area contributed by atoms with E-state index in [-0.39, 0.29) is 38.6 Å². The number of carboxylic acid groups (broad SMARTS) is 1. The van der Waals surface area contributed by atoms with Crippen molar-refractivity contribution in [3.05, 3.63) is 30.3 Å². The summed E-state index contributed by atoms with van der Waals surface area (Å²) in [6, 6.07) is 8.93. The molecule has 0 amide bonds. The second kappa shape index (κ2) is 7.69. The smallest absolute Gasteiger partial charge is 0.393 e. The highest BCUT2D eigenvalue weighted by Crippen LogP contribution is 2.37. The molecule has 0 spiro atoms. The number of alkyl halides is 3. The van der Waals surface area contributed by atoms with E-state index >= 15 is 0 Å². The largest absolute Gasteiger partial charge is 0.492 e. The predicted molar refractivity (Wildman–Crippen MR) is 76.3 cm³/mol. The molecule has 8 heteroatoms. The van der Waals surface area contributed by atoms with Gasteiger partial charge in [-0.25, -0.2) is 0 Å². The van der Waals surface area contributed by atoms with E-state index in [2.05, 4.69) is 0 Å². The van der Waals surface area contributed by atoms with Crippen molar-refractivity contribution in [1.29, 1.82) is 0 Å². The number of nitrogens with zero attached hydrogens (tertiary/aromatic N) is 1. The van der Waals surface area contributed by atoms with Crippen LogP contribution in [0.25, 0.3) is 0 Å². The Balaban J connectivity index is 0.00000242. The average Bonchev–Trinajstić information content (AvgIpc) is 2.84. The number of likely N-dealkylation sites (tertiary alicyclic amines) is 1. The number of rotatable bonds is 5. The molecule has 0 bridgehead atoms. The zero-order valence-corrected chi connectivity index (χ0v) is 12.4. The summed E-state index contributed by atoms with van der Waals surface area (Å²) in [5, 5.41) is 8.91. The summed E-state index contributed by atoms with van der Waals surface area (Å²) in [5.41, 5.74) is 0. The Bertz CT molecular complexity index is 484. The summed E-state index contributed by atoms with van der Waals surface area (Å²) >= 11 is 0. The Hall–Kier alpha value is -1.47. The lowest BCUT2D eigenvalue weighted by Crippen LogP contribution is -2.33. The molecule has 1 aromatic carbocycles. The van der Waals surface area contributed by atoms with Crippen LogP contribution < -0.4 is 4.74 Å². The molecule has 1 aliphatic heterocycles. The van der Waals surface area contributed by atoms with Crippen LogP contribution >= 0.6 is 12.4 Å². The average molecular weight is 340 g/mol. The number of carbonyl (C=O) groups is 1. The number of ether oxygens (including phenoxy) is 1. The molecule has 1 heterocycles. The number of carboxylic acids is 1. The van der Waals surface area contributed by atoms with E-state index in [0.717, 1.165) is 0 Å². The summed E-state index contributed by atoms with van der Waals surface area (Å²) in [6.45, 7) is 0.0997. The Kier molecular flexibility index (Phi) is 6.49. The number of halogens is 4. The first-order chi connectivity index (χ1) is 9.88. The predicted octanol–water partition coefficient (Wildman–Crippen LogP) is 2.68. The number of hydrogen-bond donors (Lipinski definition) is 1. The standard InChI is InChI=1S/C14H16F3NO3.ClH/c15-14(16,17)12-9-18(8-11(12)13(19)20)6-7-21-10-4-2-1-3-5-10;/h1-5,11-12H,6-9H2,(H,19,20);1H/t11-,12-;/m1./s1. The first-order valence-electron chi connectivity index (χ1n) is 6.57. The van der Waals surface area contributed by atoms with Crippen molar-refractivity contribution in [1.82, 2.24) is 4.90 Å². The minimum Gasteiger partial charge on any atom is -0.492 e. The quantitative estimate of drug-likeness (QED) is 0.896. The molecule has 4 nitrogen and oxygen atoms in total. The molecule has 124 valence electrons. The zero-order chi connectivity index (χ0) is 15.5. The molecular weight excluding hydrogens is 323 g/mol. The SMILES string of the molecule is Cl.O=C(O)[C@@H]1CN(CCOc2ccccc2)C[C@H]1C(F)(F)F. The lowest BCUT2D eigenvalue weighted by molar-refractivity contribution is -0.188. The summed E-state index contributed by atoms with van der Waals surface area (Å²) in [5.74, 6) is -3.98. The molecule has 0 unspecified atom stereocenters. The van der Waals surface area contributed by atoms with E-state index in [9.17, 15) is 18.0 Å². The van der Waals surface area contributed by atoms with Gasteiger partial charge in [-0.15, -0.1) is 12.4 Å². The van der Waals surface area contributed by atoms with E-state index in [4.69, 9.17) is 9.84 Å². The lowest BCUT2D eigenvalue weighted by Gasteiger charge is -2.18. The molecule has 1 fully saturated rings. The van der Waals surface area contributed by atoms with Gasteiger partial charge in [0.2, 0.25) is 0 Å². The Morgan fingerprint density at radius 2 is 1.91 bits per heavy atom.